The minimum absolute atomic E-state index is 0.0727. The largest absolute Gasteiger partial charge is 0.476 e. The second-order valence-electron chi connectivity index (χ2n) is 6.78. The first-order valence-electron chi connectivity index (χ1n) is 9.28. The molecule has 8 heteroatoms. The minimum atomic E-state index is -1.01. The molecule has 0 spiro atoms. The zero-order valence-corrected chi connectivity index (χ0v) is 17.4. The molecule has 0 bridgehead atoms. The molecule has 1 N–H and O–H groups in total. The molecule has 0 saturated carbocycles. The summed E-state index contributed by atoms with van der Waals surface area (Å²) in [4.78, 5) is 29.1. The molecule has 28 heavy (non-hydrogen) atoms. The molecule has 6 nitrogen and oxygen atoms in total. The summed E-state index contributed by atoms with van der Waals surface area (Å²) in [5.74, 6) is 0.154. The van der Waals surface area contributed by atoms with Gasteiger partial charge in [0.2, 0.25) is 5.91 Å². The van der Waals surface area contributed by atoms with Crippen molar-refractivity contribution in [2.45, 2.75) is 36.1 Å². The van der Waals surface area contributed by atoms with Gasteiger partial charge in [-0.3, -0.25) is 4.79 Å². The van der Waals surface area contributed by atoms with E-state index >= 15 is 0 Å². The fourth-order valence-corrected chi connectivity index (χ4v) is 4.99. The van der Waals surface area contributed by atoms with Crippen molar-refractivity contribution in [2.75, 3.05) is 25.5 Å². The summed E-state index contributed by atoms with van der Waals surface area (Å²) in [5.41, 5.74) is 1.32. The monoisotopic (exact) mass is 420 g/mol. The van der Waals surface area contributed by atoms with Crippen molar-refractivity contribution < 1.29 is 19.4 Å². The smallest absolute Gasteiger partial charge is 0.355 e. The highest BCUT2D eigenvalue weighted by molar-refractivity contribution is 8.01. The molecule has 1 aromatic carbocycles. The average molecular weight is 421 g/mol. The Morgan fingerprint density at radius 2 is 2.21 bits per heavy atom. The van der Waals surface area contributed by atoms with Gasteiger partial charge in [0.1, 0.15) is 0 Å². The van der Waals surface area contributed by atoms with Crippen LogP contribution in [0.15, 0.2) is 40.1 Å². The van der Waals surface area contributed by atoms with Crippen LogP contribution in [-0.2, 0) is 9.53 Å². The molecule has 2 aromatic rings. The summed E-state index contributed by atoms with van der Waals surface area (Å²) in [6, 6.07) is 10.4. The van der Waals surface area contributed by atoms with Gasteiger partial charge in [-0.25, -0.2) is 9.78 Å². The van der Waals surface area contributed by atoms with Crippen molar-refractivity contribution in [3.05, 3.63) is 47.0 Å². The van der Waals surface area contributed by atoms with E-state index in [1.807, 2.05) is 23.1 Å². The molecule has 1 amide bonds. The summed E-state index contributed by atoms with van der Waals surface area (Å²) in [6.07, 6.45) is 1.39. The van der Waals surface area contributed by atoms with Crippen molar-refractivity contribution in [3.8, 4) is 0 Å². The highest BCUT2D eigenvalue weighted by atomic mass is 32.2. The molecular weight excluding hydrogens is 396 g/mol. The first-order valence-corrected chi connectivity index (χ1v) is 11.1. The number of carboxylic acids is 1. The van der Waals surface area contributed by atoms with Crippen molar-refractivity contribution in [3.63, 3.8) is 0 Å². The van der Waals surface area contributed by atoms with Gasteiger partial charge in [-0.2, -0.15) is 0 Å². The second-order valence-corrected chi connectivity index (χ2v) is 8.98. The summed E-state index contributed by atoms with van der Waals surface area (Å²) in [7, 11) is 0. The van der Waals surface area contributed by atoms with Crippen LogP contribution < -0.4 is 0 Å². The van der Waals surface area contributed by atoms with Gasteiger partial charge >= 0.3 is 5.97 Å². The fourth-order valence-electron chi connectivity index (χ4n) is 3.19. The number of thioether (sulfide) groups is 1. The quantitative estimate of drug-likeness (QED) is 0.590. The molecule has 1 aromatic heterocycles. The van der Waals surface area contributed by atoms with Crippen LogP contribution in [0.25, 0.3) is 0 Å². The van der Waals surface area contributed by atoms with E-state index in [0.29, 0.717) is 42.2 Å². The topological polar surface area (TPSA) is 79.7 Å². The number of benzene rings is 1. The van der Waals surface area contributed by atoms with E-state index in [2.05, 4.69) is 24.0 Å². The van der Waals surface area contributed by atoms with E-state index in [1.54, 1.807) is 0 Å². The molecule has 150 valence electrons. The predicted molar refractivity (Wildman–Crippen MR) is 110 cm³/mol. The van der Waals surface area contributed by atoms with E-state index in [-0.39, 0.29) is 17.6 Å². The number of rotatable bonds is 10. The Morgan fingerprint density at radius 3 is 2.93 bits per heavy atom. The number of amides is 1. The minimum Gasteiger partial charge on any atom is -0.476 e. The molecule has 1 unspecified atom stereocenters. The molecule has 1 aliphatic rings. The van der Waals surface area contributed by atoms with Crippen LogP contribution in [0.2, 0.25) is 0 Å². The van der Waals surface area contributed by atoms with E-state index in [4.69, 9.17) is 9.84 Å². The summed E-state index contributed by atoms with van der Waals surface area (Å²) in [6.45, 7) is 3.94. The maximum atomic E-state index is 12.2. The number of likely N-dealkylation sites (tertiary alicyclic amines) is 1. The summed E-state index contributed by atoms with van der Waals surface area (Å²) < 4.78 is 6.65. The number of hydrogen-bond donors (Lipinski definition) is 1. The van der Waals surface area contributed by atoms with E-state index < -0.39 is 5.97 Å². The number of thiazole rings is 1. The average Bonchev–Trinajstić information content (AvgIpc) is 3.30. The number of nitrogens with zero attached hydrogens (tertiary/aromatic N) is 2. The molecule has 1 fully saturated rings. The third kappa shape index (κ3) is 5.56. The Kier molecular flexibility index (Phi) is 7.47. The van der Waals surface area contributed by atoms with Gasteiger partial charge in [0.15, 0.2) is 10.0 Å². The van der Waals surface area contributed by atoms with Gasteiger partial charge in [0, 0.05) is 30.0 Å². The zero-order valence-electron chi connectivity index (χ0n) is 15.7. The Morgan fingerprint density at radius 1 is 1.43 bits per heavy atom. The predicted octanol–water partition coefficient (Wildman–Crippen LogP) is 3.74. The van der Waals surface area contributed by atoms with Gasteiger partial charge in [-0.15, -0.1) is 11.3 Å². The lowest BCUT2D eigenvalue weighted by Gasteiger charge is -2.25. The third-order valence-electron chi connectivity index (χ3n) is 4.76. The van der Waals surface area contributed by atoms with Gasteiger partial charge in [-0.1, -0.05) is 49.0 Å². The lowest BCUT2D eigenvalue weighted by molar-refractivity contribution is -0.129. The van der Waals surface area contributed by atoms with Gasteiger partial charge < -0.3 is 14.7 Å². The number of aromatic carboxylic acids is 1. The van der Waals surface area contributed by atoms with Crippen molar-refractivity contribution in [1.29, 1.82) is 0 Å². The van der Waals surface area contributed by atoms with Gasteiger partial charge in [-0.05, 0) is 12.0 Å². The van der Waals surface area contributed by atoms with Crippen LogP contribution in [0.4, 0.5) is 0 Å². The second kappa shape index (κ2) is 10.0. The van der Waals surface area contributed by atoms with Gasteiger partial charge in [0.05, 0.1) is 19.3 Å². The van der Waals surface area contributed by atoms with Crippen molar-refractivity contribution >= 4 is 35.0 Å². The van der Waals surface area contributed by atoms with E-state index in [9.17, 15) is 9.59 Å². The standard InChI is InChI=1S/C20H24N2O4S2/c1-14(15-5-3-2-4-6-15)11-26-12-16-7-8-18(23)22(16)9-10-27-20-21-17(13-28-20)19(24)25/h2-6,13-14,16H,7-12H2,1H3,(H,24,25)/t14?,16-/m1/s1. The number of ether oxygens (including phenoxy) is 1. The SMILES string of the molecule is CC(COC[C@H]1CCC(=O)N1CCSc1nc(C(=O)O)cs1)c1ccccc1. The molecule has 0 aliphatic carbocycles. The summed E-state index contributed by atoms with van der Waals surface area (Å²) >= 11 is 2.80. The molecule has 1 saturated heterocycles. The molecular formula is C20H24N2O4S2. The van der Waals surface area contributed by atoms with Crippen LogP contribution in [0.1, 0.15) is 41.7 Å². The first kappa shape index (κ1) is 20.8. The number of aromatic nitrogens is 1. The van der Waals surface area contributed by atoms with Crippen molar-refractivity contribution in [2.24, 2.45) is 0 Å². The van der Waals surface area contributed by atoms with Crippen LogP contribution >= 0.6 is 23.1 Å². The highest BCUT2D eigenvalue weighted by Crippen LogP contribution is 2.25. The lowest BCUT2D eigenvalue weighted by atomic mass is 10.0. The van der Waals surface area contributed by atoms with Gasteiger partial charge in [0.25, 0.3) is 0 Å². The third-order valence-corrected chi connectivity index (χ3v) is 6.76. The maximum absolute atomic E-state index is 12.2. The number of carbonyl (C=O) groups excluding carboxylic acids is 1. The first-order chi connectivity index (χ1) is 13.5. The Bertz CT molecular complexity index is 797. The number of hydrogen-bond acceptors (Lipinski definition) is 6. The van der Waals surface area contributed by atoms with E-state index in [0.717, 1.165) is 6.42 Å². The Labute approximate surface area is 172 Å². The Balaban J connectivity index is 1.43. The number of carboxylic acid groups (broad SMARTS) is 1. The molecule has 1 aliphatic heterocycles. The van der Waals surface area contributed by atoms with Crippen LogP contribution in [0.3, 0.4) is 0 Å². The molecule has 2 heterocycles. The van der Waals surface area contributed by atoms with Crippen LogP contribution in [0, 0.1) is 0 Å². The maximum Gasteiger partial charge on any atom is 0.355 e. The van der Waals surface area contributed by atoms with Crippen LogP contribution in [0.5, 0.6) is 0 Å². The highest BCUT2D eigenvalue weighted by Gasteiger charge is 2.30. The fraction of sp³-hybridized carbons (Fsp3) is 0.450. The molecule has 2 atom stereocenters. The normalized spacial score (nSPS) is 17.8. The lowest BCUT2D eigenvalue weighted by Crippen LogP contribution is -2.38. The van der Waals surface area contributed by atoms with Crippen LogP contribution in [-0.4, -0.2) is 58.4 Å². The Hall–Kier alpha value is -1.90. The van der Waals surface area contributed by atoms with Crippen molar-refractivity contribution in [1.82, 2.24) is 9.88 Å². The number of carbonyl (C=O) groups is 2. The van der Waals surface area contributed by atoms with E-state index in [1.165, 1.54) is 34.0 Å². The molecule has 3 rings (SSSR count). The molecule has 0 radical (unpaired) electrons. The zero-order chi connectivity index (χ0) is 19.9. The summed E-state index contributed by atoms with van der Waals surface area (Å²) in [5, 5.41) is 10.5.